The van der Waals surface area contributed by atoms with E-state index in [9.17, 15) is 35.1 Å². The number of amides is 1. The minimum Gasteiger partial charge on any atom is -0.504 e. The van der Waals surface area contributed by atoms with E-state index in [1.165, 1.54) is 13.0 Å². The summed E-state index contributed by atoms with van der Waals surface area (Å²) in [7, 11) is 0. The third-order valence-corrected chi connectivity index (χ3v) is 5.66. The Morgan fingerprint density at radius 1 is 1.27 bits per heavy atom. The quantitative estimate of drug-likeness (QED) is 0.314. The molecule has 2 aliphatic heterocycles. The van der Waals surface area contributed by atoms with Gasteiger partial charge in [-0.3, -0.25) is 9.59 Å². The highest BCUT2D eigenvalue weighted by Crippen LogP contribution is 2.50. The second-order valence-electron chi connectivity index (χ2n) is 7.79. The predicted molar refractivity (Wildman–Crippen MR) is 97.3 cm³/mol. The molecular formula is C19H23NO10. The molecular weight excluding hydrogens is 402 g/mol. The average Bonchev–Trinajstić information content (AvgIpc) is 3.15. The molecule has 30 heavy (non-hydrogen) atoms. The topological polar surface area (TPSA) is 175 Å². The van der Waals surface area contributed by atoms with E-state index < -0.39 is 66.5 Å². The zero-order chi connectivity index (χ0) is 21.7. The van der Waals surface area contributed by atoms with Crippen molar-refractivity contribution in [3.8, 4) is 17.2 Å². The first-order chi connectivity index (χ1) is 14.2. The van der Waals surface area contributed by atoms with E-state index in [0.29, 0.717) is 0 Å². The molecule has 4 rings (SSSR count). The summed E-state index contributed by atoms with van der Waals surface area (Å²) in [6.07, 6.45) is -6.99. The number of hydrogen-bond acceptors (Lipinski definition) is 10. The van der Waals surface area contributed by atoms with Crippen molar-refractivity contribution in [1.29, 1.82) is 0 Å². The van der Waals surface area contributed by atoms with E-state index in [1.807, 2.05) is 0 Å². The number of Topliss-reactive ketones (excluding diaryl/α,β-unsaturated/α-hetero) is 1. The number of carbonyl (C=O) groups is 2. The number of aromatic hydroxyl groups is 1. The first-order valence-corrected chi connectivity index (χ1v) is 9.52. The molecule has 6 N–H and O–H groups in total. The Hall–Kier alpha value is -2.44. The van der Waals surface area contributed by atoms with E-state index in [2.05, 4.69) is 5.32 Å². The van der Waals surface area contributed by atoms with Gasteiger partial charge in [0.25, 0.3) is 5.91 Å². The minimum absolute atomic E-state index is 0.00358. The Balaban J connectivity index is 1.74. The lowest BCUT2D eigenvalue weighted by Gasteiger charge is -2.48. The van der Waals surface area contributed by atoms with Crippen LogP contribution >= 0.6 is 0 Å². The van der Waals surface area contributed by atoms with Crippen molar-refractivity contribution < 1.29 is 49.3 Å². The van der Waals surface area contributed by atoms with Crippen molar-refractivity contribution in [1.82, 2.24) is 5.32 Å². The summed E-state index contributed by atoms with van der Waals surface area (Å²) in [4.78, 5) is 24.6. The molecule has 11 nitrogen and oxygen atoms in total. The Morgan fingerprint density at radius 2 is 2.00 bits per heavy atom. The van der Waals surface area contributed by atoms with Crippen LogP contribution in [0.1, 0.15) is 35.2 Å². The highest BCUT2D eigenvalue weighted by atomic mass is 16.7. The van der Waals surface area contributed by atoms with Crippen LogP contribution in [0.25, 0.3) is 0 Å². The van der Waals surface area contributed by atoms with Crippen molar-refractivity contribution in [3.05, 3.63) is 17.2 Å². The number of rotatable bonds is 5. The maximum atomic E-state index is 12.6. The van der Waals surface area contributed by atoms with Crippen molar-refractivity contribution in [2.24, 2.45) is 0 Å². The van der Waals surface area contributed by atoms with Gasteiger partial charge in [0.05, 0.1) is 23.8 Å². The molecule has 164 valence electrons. The molecule has 0 bridgehead atoms. The molecule has 1 fully saturated rings. The zero-order valence-corrected chi connectivity index (χ0v) is 16.0. The fraction of sp³-hybridized carbons (Fsp3) is 0.579. The molecule has 1 aliphatic carbocycles. The molecule has 11 heteroatoms. The van der Waals surface area contributed by atoms with Crippen LogP contribution in [-0.2, 0) is 9.53 Å². The van der Waals surface area contributed by atoms with Crippen LogP contribution in [-0.4, -0.2) is 87.2 Å². The smallest absolute Gasteiger partial charge is 0.255 e. The van der Waals surface area contributed by atoms with Gasteiger partial charge in [-0.25, -0.2) is 0 Å². The maximum absolute atomic E-state index is 12.6. The SMILES string of the molecule is CC(O)CC(=O)CO[C@H]1[C@H](O)[C@@H](O)[C@@H](O)[C@@H]2NC(=O)c3c(cc4c(c3O)OCO4)[C@H]21. The number of nitrogens with one attached hydrogen (secondary N) is 1. The number of phenols is 1. The number of aliphatic hydroxyl groups excluding tert-OH is 4. The number of benzene rings is 1. The van der Waals surface area contributed by atoms with Crippen LogP contribution in [0.5, 0.6) is 17.2 Å². The number of fused-ring (bicyclic) bond motifs is 4. The summed E-state index contributed by atoms with van der Waals surface area (Å²) in [6, 6.07) is 0.402. The lowest BCUT2D eigenvalue weighted by atomic mass is 9.70. The van der Waals surface area contributed by atoms with Gasteiger partial charge in [0, 0.05) is 12.3 Å². The Morgan fingerprint density at radius 3 is 2.70 bits per heavy atom. The van der Waals surface area contributed by atoms with Crippen LogP contribution in [0, 0.1) is 0 Å². The van der Waals surface area contributed by atoms with Gasteiger partial charge in [0.1, 0.15) is 24.9 Å². The fourth-order valence-corrected chi connectivity index (χ4v) is 4.33. The molecule has 0 spiro atoms. The summed E-state index contributed by atoms with van der Waals surface area (Å²) in [5.74, 6) is -2.31. The van der Waals surface area contributed by atoms with E-state index in [0.717, 1.165) is 0 Å². The number of ketones is 1. The summed E-state index contributed by atoms with van der Waals surface area (Å²) in [6.45, 7) is 0.833. The normalized spacial score (nSPS) is 32.8. The summed E-state index contributed by atoms with van der Waals surface area (Å²) >= 11 is 0. The molecule has 0 radical (unpaired) electrons. The predicted octanol–water partition coefficient (Wildman–Crippen LogP) is -1.86. The number of hydrogen-bond donors (Lipinski definition) is 6. The second kappa shape index (κ2) is 7.67. The molecule has 0 saturated heterocycles. The van der Waals surface area contributed by atoms with Crippen LogP contribution < -0.4 is 14.8 Å². The van der Waals surface area contributed by atoms with Crippen LogP contribution in [0.15, 0.2) is 6.07 Å². The van der Waals surface area contributed by atoms with Gasteiger partial charge in [0.2, 0.25) is 12.5 Å². The molecule has 1 amide bonds. The summed E-state index contributed by atoms with van der Waals surface area (Å²) in [5, 5.41) is 53.7. The van der Waals surface area contributed by atoms with Crippen molar-refractivity contribution in [2.45, 2.75) is 55.8 Å². The zero-order valence-electron chi connectivity index (χ0n) is 16.0. The summed E-state index contributed by atoms with van der Waals surface area (Å²) in [5.41, 5.74) is 0.101. The van der Waals surface area contributed by atoms with Crippen molar-refractivity contribution >= 4 is 11.7 Å². The number of aliphatic hydroxyl groups is 4. The highest BCUT2D eigenvalue weighted by molar-refractivity contribution is 6.01. The number of ether oxygens (including phenoxy) is 3. The molecule has 2 heterocycles. The highest BCUT2D eigenvalue weighted by Gasteiger charge is 2.55. The average molecular weight is 425 g/mol. The Labute approximate surface area is 170 Å². The van der Waals surface area contributed by atoms with Gasteiger partial charge in [-0.05, 0) is 18.6 Å². The second-order valence-corrected chi connectivity index (χ2v) is 7.79. The number of phenolic OH excluding ortho intramolecular Hbond substituents is 1. The Kier molecular flexibility index (Phi) is 5.32. The van der Waals surface area contributed by atoms with Crippen molar-refractivity contribution in [2.75, 3.05) is 13.4 Å². The van der Waals surface area contributed by atoms with E-state index >= 15 is 0 Å². The van der Waals surface area contributed by atoms with E-state index in [1.54, 1.807) is 0 Å². The first kappa shape index (κ1) is 20.8. The van der Waals surface area contributed by atoms with Gasteiger partial charge in [0.15, 0.2) is 17.3 Å². The van der Waals surface area contributed by atoms with Gasteiger partial charge in [-0.15, -0.1) is 0 Å². The van der Waals surface area contributed by atoms with Gasteiger partial charge < -0.3 is 45.1 Å². The number of carbonyl (C=O) groups excluding carboxylic acids is 2. The maximum Gasteiger partial charge on any atom is 0.255 e. The van der Waals surface area contributed by atoms with Crippen molar-refractivity contribution in [3.63, 3.8) is 0 Å². The third kappa shape index (κ3) is 3.28. The van der Waals surface area contributed by atoms with E-state index in [-0.39, 0.29) is 35.8 Å². The molecule has 7 atom stereocenters. The molecule has 0 aromatic heterocycles. The minimum atomic E-state index is -1.65. The lowest BCUT2D eigenvalue weighted by molar-refractivity contribution is -0.174. The van der Waals surface area contributed by atoms with Crippen LogP contribution in [0.2, 0.25) is 0 Å². The first-order valence-electron chi connectivity index (χ1n) is 9.52. The lowest BCUT2D eigenvalue weighted by Crippen LogP contribution is -2.67. The molecule has 1 unspecified atom stereocenters. The van der Waals surface area contributed by atoms with Gasteiger partial charge >= 0.3 is 0 Å². The van der Waals surface area contributed by atoms with Crippen LogP contribution in [0.4, 0.5) is 0 Å². The molecule has 1 aromatic carbocycles. The van der Waals surface area contributed by atoms with E-state index in [4.69, 9.17) is 14.2 Å². The van der Waals surface area contributed by atoms with Gasteiger partial charge in [-0.2, -0.15) is 0 Å². The molecule has 3 aliphatic rings. The Bertz CT molecular complexity index is 871. The third-order valence-electron chi connectivity index (χ3n) is 5.66. The van der Waals surface area contributed by atoms with Gasteiger partial charge in [-0.1, -0.05) is 0 Å². The molecule has 1 saturated carbocycles. The largest absolute Gasteiger partial charge is 0.504 e. The van der Waals surface area contributed by atoms with Crippen LogP contribution in [0.3, 0.4) is 0 Å². The standard InChI is InChI=1S/C19H23NO10/c1-6(21)2-7(22)4-28-18-10-8-3-9-17(30-5-29-9)13(23)11(8)19(27)20-12(10)14(24)15(25)16(18)26/h3,6,10,12,14-16,18,21,23-26H,2,4-5H2,1H3,(H,20,27)/t6?,10-,12-,14+,15+,16-,18-/m1/s1. The molecule has 1 aromatic rings. The summed E-state index contributed by atoms with van der Waals surface area (Å²) < 4.78 is 16.1. The fourth-order valence-electron chi connectivity index (χ4n) is 4.33. The monoisotopic (exact) mass is 425 g/mol.